The fourth-order valence-electron chi connectivity index (χ4n) is 0.905. The van der Waals surface area contributed by atoms with Crippen molar-refractivity contribution in [3.8, 4) is 0 Å². The van der Waals surface area contributed by atoms with Gasteiger partial charge >= 0.3 is 68.8 Å². The maximum absolute atomic E-state index is 10.4. The summed E-state index contributed by atoms with van der Waals surface area (Å²) < 4.78 is 0. The molecule has 3 N–H and O–H groups in total. The molecule has 66 valence electrons. The van der Waals surface area contributed by atoms with Crippen LogP contribution >= 0.6 is 7.94 Å². The predicted molar refractivity (Wildman–Crippen MR) is 46.4 cm³/mol. The summed E-state index contributed by atoms with van der Waals surface area (Å²) in [4.78, 5) is 37.0. The fraction of sp³-hybridized carbons (Fsp3) is 0. The standard InChI is InChI=1S/C7H9O4P/c8-5-6-3-1-2-4-7(6)12(9,10)11/h1-5,9-12H. The van der Waals surface area contributed by atoms with Crippen LogP contribution in [-0.2, 0) is 0 Å². The van der Waals surface area contributed by atoms with Crippen LogP contribution in [0.2, 0.25) is 0 Å². The number of carbonyl (C=O) groups is 1. The van der Waals surface area contributed by atoms with Gasteiger partial charge in [-0.05, 0) is 0 Å². The Labute approximate surface area is 69.7 Å². The van der Waals surface area contributed by atoms with Gasteiger partial charge in [0.1, 0.15) is 0 Å². The van der Waals surface area contributed by atoms with Crippen LogP contribution in [0.25, 0.3) is 0 Å². The van der Waals surface area contributed by atoms with Gasteiger partial charge in [-0.2, -0.15) is 0 Å². The third kappa shape index (κ3) is 1.87. The number of benzene rings is 1. The monoisotopic (exact) mass is 188 g/mol. The summed E-state index contributed by atoms with van der Waals surface area (Å²) in [5.74, 6) is 0. The number of hydrogen-bond donors (Lipinski definition) is 3. The molecule has 1 rings (SSSR count). The van der Waals surface area contributed by atoms with Crippen LogP contribution in [0.1, 0.15) is 10.4 Å². The van der Waals surface area contributed by atoms with Crippen molar-refractivity contribution < 1.29 is 19.5 Å². The van der Waals surface area contributed by atoms with E-state index in [2.05, 4.69) is 0 Å². The molecule has 0 aliphatic heterocycles. The van der Waals surface area contributed by atoms with Crippen molar-refractivity contribution in [3.05, 3.63) is 29.8 Å². The molecule has 0 amide bonds. The van der Waals surface area contributed by atoms with E-state index in [-0.39, 0.29) is 10.9 Å². The van der Waals surface area contributed by atoms with E-state index in [0.29, 0.717) is 6.29 Å². The Morgan fingerprint density at radius 3 is 2.17 bits per heavy atom. The molecule has 5 heteroatoms. The summed E-state index contributed by atoms with van der Waals surface area (Å²) in [6.07, 6.45) is 0.472. The Bertz CT molecular complexity index is 292. The second-order valence-electron chi connectivity index (χ2n) is 2.34. The Hall–Kier alpha value is -0.800. The molecule has 0 saturated heterocycles. The molecule has 1 aromatic rings. The molecule has 0 spiro atoms. The molecule has 0 aliphatic carbocycles. The number of carbonyl (C=O) groups excluding carboxylic acids is 1. The molecular formula is C7H9O4P. The van der Waals surface area contributed by atoms with Gasteiger partial charge in [0.05, 0.1) is 0 Å². The van der Waals surface area contributed by atoms with Crippen LogP contribution in [0.4, 0.5) is 0 Å². The SMILES string of the molecule is O=Cc1ccccc1[PH](O)(O)O. The van der Waals surface area contributed by atoms with E-state index in [4.69, 9.17) is 14.7 Å². The third-order valence-corrected chi connectivity index (χ3v) is 2.63. The summed E-state index contributed by atoms with van der Waals surface area (Å²) >= 11 is 0. The van der Waals surface area contributed by atoms with E-state index in [1.807, 2.05) is 0 Å². The molecule has 0 saturated carbocycles. The van der Waals surface area contributed by atoms with Crippen molar-refractivity contribution in [1.29, 1.82) is 0 Å². The summed E-state index contributed by atoms with van der Waals surface area (Å²) in [6, 6.07) is 5.82. The van der Waals surface area contributed by atoms with Gasteiger partial charge in [-0.1, -0.05) is 0 Å². The van der Waals surface area contributed by atoms with E-state index < -0.39 is 7.94 Å². The average Bonchev–Trinajstić information content (AvgIpc) is 2.03. The van der Waals surface area contributed by atoms with Gasteiger partial charge in [0, 0.05) is 0 Å². The van der Waals surface area contributed by atoms with E-state index in [1.165, 1.54) is 18.2 Å². The zero-order chi connectivity index (χ0) is 9.19. The summed E-state index contributed by atoms with van der Waals surface area (Å²) in [6.45, 7) is 0. The first-order chi connectivity index (χ1) is 5.55. The molecule has 12 heavy (non-hydrogen) atoms. The van der Waals surface area contributed by atoms with Crippen molar-refractivity contribution >= 4 is 19.5 Å². The van der Waals surface area contributed by atoms with Crippen molar-refractivity contribution in [2.75, 3.05) is 0 Å². The Balaban J connectivity index is 3.23. The van der Waals surface area contributed by atoms with E-state index in [0.717, 1.165) is 0 Å². The van der Waals surface area contributed by atoms with Gasteiger partial charge in [0.2, 0.25) is 0 Å². The summed E-state index contributed by atoms with van der Waals surface area (Å²) in [5.41, 5.74) is 0.108. The first kappa shape index (κ1) is 9.29. The molecule has 0 atom stereocenters. The Morgan fingerprint density at radius 1 is 1.17 bits per heavy atom. The van der Waals surface area contributed by atoms with Crippen LogP contribution in [-0.4, -0.2) is 21.0 Å². The molecule has 0 radical (unpaired) electrons. The molecule has 0 fully saturated rings. The Kier molecular flexibility index (Phi) is 2.55. The van der Waals surface area contributed by atoms with Crippen LogP contribution in [0.3, 0.4) is 0 Å². The molecule has 1 aromatic carbocycles. The van der Waals surface area contributed by atoms with Crippen molar-refractivity contribution in [1.82, 2.24) is 0 Å². The normalized spacial score (nSPS) is 12.6. The van der Waals surface area contributed by atoms with Crippen molar-refractivity contribution in [2.24, 2.45) is 0 Å². The van der Waals surface area contributed by atoms with Crippen LogP contribution < -0.4 is 5.30 Å². The van der Waals surface area contributed by atoms with E-state index in [1.54, 1.807) is 6.07 Å². The zero-order valence-corrected chi connectivity index (χ0v) is 7.14. The van der Waals surface area contributed by atoms with Gasteiger partial charge in [0.15, 0.2) is 0 Å². The van der Waals surface area contributed by atoms with Crippen LogP contribution in [0, 0.1) is 0 Å². The predicted octanol–water partition coefficient (Wildman–Crippen LogP) is -0.404. The molecular weight excluding hydrogens is 179 g/mol. The summed E-state index contributed by atoms with van der Waals surface area (Å²) in [5, 5.41) is -0.0833. The second kappa shape index (κ2) is 3.29. The van der Waals surface area contributed by atoms with Gasteiger partial charge in [-0.3, -0.25) is 0 Å². The van der Waals surface area contributed by atoms with Crippen LogP contribution in [0.5, 0.6) is 0 Å². The minimum atomic E-state index is -4.33. The van der Waals surface area contributed by atoms with Gasteiger partial charge < -0.3 is 0 Å². The minimum absolute atomic E-state index is 0.0833. The first-order valence-electron chi connectivity index (χ1n) is 3.27. The summed E-state index contributed by atoms with van der Waals surface area (Å²) in [7, 11) is -4.33. The zero-order valence-electron chi connectivity index (χ0n) is 6.14. The molecule has 0 bridgehead atoms. The topological polar surface area (TPSA) is 77.8 Å². The Morgan fingerprint density at radius 2 is 1.75 bits per heavy atom. The van der Waals surface area contributed by atoms with Gasteiger partial charge in [-0.25, -0.2) is 0 Å². The van der Waals surface area contributed by atoms with E-state index >= 15 is 0 Å². The molecule has 0 unspecified atom stereocenters. The number of hydrogen-bond acceptors (Lipinski definition) is 4. The molecule has 0 heterocycles. The average molecular weight is 188 g/mol. The van der Waals surface area contributed by atoms with Crippen molar-refractivity contribution in [3.63, 3.8) is 0 Å². The maximum atomic E-state index is 10.4. The third-order valence-electron chi connectivity index (χ3n) is 1.45. The quantitative estimate of drug-likeness (QED) is 0.435. The fourth-order valence-corrected chi connectivity index (χ4v) is 1.75. The second-order valence-corrected chi connectivity index (χ2v) is 4.15. The van der Waals surface area contributed by atoms with E-state index in [9.17, 15) is 4.79 Å². The molecule has 0 aliphatic rings. The van der Waals surface area contributed by atoms with Crippen molar-refractivity contribution in [2.45, 2.75) is 0 Å². The molecule has 4 nitrogen and oxygen atoms in total. The first-order valence-corrected chi connectivity index (χ1v) is 5.11. The number of aldehydes is 1. The van der Waals surface area contributed by atoms with Gasteiger partial charge in [0.25, 0.3) is 0 Å². The van der Waals surface area contributed by atoms with Gasteiger partial charge in [-0.15, -0.1) is 0 Å². The number of rotatable bonds is 2. The van der Waals surface area contributed by atoms with Crippen LogP contribution in [0.15, 0.2) is 24.3 Å². The molecule has 0 aromatic heterocycles.